The van der Waals surface area contributed by atoms with Crippen molar-refractivity contribution >= 4 is 0 Å². The predicted octanol–water partition coefficient (Wildman–Crippen LogP) is 4.71. The molecule has 0 fully saturated rings. The lowest BCUT2D eigenvalue weighted by Gasteiger charge is -2.22. The Morgan fingerprint density at radius 1 is 1.05 bits per heavy atom. The molecule has 0 heterocycles. The van der Waals surface area contributed by atoms with Crippen LogP contribution in [0.5, 0.6) is 11.5 Å². The van der Waals surface area contributed by atoms with Gasteiger partial charge in [-0.1, -0.05) is 39.0 Å². The molecule has 0 aromatic heterocycles. The molecule has 2 aromatic rings. The molecular formula is C18H21FO2. The maximum atomic E-state index is 13.9. The highest BCUT2D eigenvalue weighted by Gasteiger charge is 2.18. The van der Waals surface area contributed by atoms with Crippen LogP contribution in [-0.4, -0.2) is 7.11 Å². The molecule has 0 aliphatic carbocycles. The summed E-state index contributed by atoms with van der Waals surface area (Å²) in [5.41, 5.74) is 1.60. The highest BCUT2D eigenvalue weighted by atomic mass is 19.1. The van der Waals surface area contributed by atoms with Gasteiger partial charge in [-0.3, -0.25) is 0 Å². The Bertz CT molecular complexity index is 615. The summed E-state index contributed by atoms with van der Waals surface area (Å²) < 4.78 is 24.7. The number of ether oxygens (including phenoxy) is 2. The van der Waals surface area contributed by atoms with Crippen LogP contribution in [0.25, 0.3) is 0 Å². The van der Waals surface area contributed by atoms with Crippen molar-refractivity contribution < 1.29 is 13.9 Å². The fourth-order valence-corrected chi connectivity index (χ4v) is 2.14. The number of benzene rings is 2. The second kappa shape index (κ2) is 6.17. The maximum Gasteiger partial charge on any atom is 0.133 e. The van der Waals surface area contributed by atoms with E-state index < -0.39 is 0 Å². The molecule has 0 saturated heterocycles. The number of hydrogen-bond acceptors (Lipinski definition) is 2. The van der Waals surface area contributed by atoms with Crippen LogP contribution in [0.1, 0.15) is 31.9 Å². The molecule has 0 bridgehead atoms. The minimum atomic E-state index is -0.317. The largest absolute Gasteiger partial charge is 0.497 e. The van der Waals surface area contributed by atoms with Crippen molar-refractivity contribution in [2.45, 2.75) is 32.8 Å². The van der Waals surface area contributed by atoms with E-state index >= 15 is 0 Å². The third-order valence-corrected chi connectivity index (χ3v) is 3.34. The molecule has 0 unspecified atom stereocenters. The van der Waals surface area contributed by atoms with Crippen molar-refractivity contribution in [1.29, 1.82) is 0 Å². The van der Waals surface area contributed by atoms with Crippen molar-refractivity contribution in [3.63, 3.8) is 0 Å². The third kappa shape index (κ3) is 3.75. The first-order valence-corrected chi connectivity index (χ1v) is 6.96. The van der Waals surface area contributed by atoms with E-state index in [9.17, 15) is 4.39 Å². The van der Waals surface area contributed by atoms with Gasteiger partial charge >= 0.3 is 0 Å². The van der Waals surface area contributed by atoms with E-state index in [0.717, 1.165) is 11.3 Å². The van der Waals surface area contributed by atoms with Crippen LogP contribution in [-0.2, 0) is 12.0 Å². The van der Waals surface area contributed by atoms with Crippen molar-refractivity contribution in [1.82, 2.24) is 0 Å². The normalized spacial score (nSPS) is 11.3. The van der Waals surface area contributed by atoms with Crippen LogP contribution in [0.2, 0.25) is 0 Å². The molecular weight excluding hydrogens is 267 g/mol. The molecule has 2 aromatic carbocycles. The smallest absolute Gasteiger partial charge is 0.133 e. The van der Waals surface area contributed by atoms with E-state index in [0.29, 0.717) is 11.3 Å². The van der Waals surface area contributed by atoms with Gasteiger partial charge in [0.2, 0.25) is 0 Å². The molecule has 0 amide bonds. The lowest BCUT2D eigenvalue weighted by Crippen LogP contribution is -2.13. The van der Waals surface area contributed by atoms with Gasteiger partial charge < -0.3 is 9.47 Å². The van der Waals surface area contributed by atoms with Crippen LogP contribution in [0.3, 0.4) is 0 Å². The highest BCUT2D eigenvalue weighted by Crippen LogP contribution is 2.31. The van der Waals surface area contributed by atoms with Crippen molar-refractivity contribution in [3.05, 3.63) is 59.4 Å². The minimum absolute atomic E-state index is 0.0188. The average molecular weight is 288 g/mol. The highest BCUT2D eigenvalue weighted by molar-refractivity contribution is 5.38. The number of rotatable bonds is 4. The molecule has 0 aliphatic rings. The molecule has 0 atom stereocenters. The Kier molecular flexibility index (Phi) is 4.51. The van der Waals surface area contributed by atoms with Crippen LogP contribution in [0.15, 0.2) is 42.5 Å². The van der Waals surface area contributed by atoms with E-state index in [1.54, 1.807) is 12.1 Å². The van der Waals surface area contributed by atoms with Crippen LogP contribution in [0.4, 0.5) is 4.39 Å². The van der Waals surface area contributed by atoms with E-state index in [-0.39, 0.29) is 17.8 Å². The number of methoxy groups -OCH3 is 1. The lowest BCUT2D eigenvalue weighted by molar-refractivity contribution is 0.291. The zero-order valence-corrected chi connectivity index (χ0v) is 12.9. The first kappa shape index (κ1) is 15.4. The van der Waals surface area contributed by atoms with Crippen LogP contribution in [0, 0.1) is 5.82 Å². The fraction of sp³-hybridized carbons (Fsp3) is 0.333. The maximum absolute atomic E-state index is 13.9. The van der Waals surface area contributed by atoms with Gasteiger partial charge in [-0.2, -0.15) is 0 Å². The Balaban J connectivity index is 2.17. The summed E-state index contributed by atoms with van der Waals surface area (Å²) in [5, 5.41) is 0. The first-order valence-electron chi connectivity index (χ1n) is 6.96. The number of halogens is 1. The van der Waals surface area contributed by atoms with E-state index in [4.69, 9.17) is 9.47 Å². The Labute approximate surface area is 125 Å². The lowest BCUT2D eigenvalue weighted by atomic mass is 9.86. The summed E-state index contributed by atoms with van der Waals surface area (Å²) in [6.45, 7) is 6.58. The van der Waals surface area contributed by atoms with Crippen molar-refractivity contribution in [3.8, 4) is 11.5 Å². The quantitative estimate of drug-likeness (QED) is 0.811. The van der Waals surface area contributed by atoms with Crippen LogP contribution >= 0.6 is 0 Å². The second-order valence-electron chi connectivity index (χ2n) is 5.99. The summed E-state index contributed by atoms with van der Waals surface area (Å²) in [5.74, 6) is 0.981. The summed E-state index contributed by atoms with van der Waals surface area (Å²) in [7, 11) is 1.52. The minimum Gasteiger partial charge on any atom is -0.497 e. The van der Waals surface area contributed by atoms with Crippen molar-refractivity contribution in [2.75, 3.05) is 7.11 Å². The number of hydrogen-bond donors (Lipinski definition) is 0. The van der Waals surface area contributed by atoms with Gasteiger partial charge in [0.05, 0.1) is 7.11 Å². The molecule has 0 N–H and O–H groups in total. The fourth-order valence-electron chi connectivity index (χ4n) is 2.14. The third-order valence-electron chi connectivity index (χ3n) is 3.34. The van der Waals surface area contributed by atoms with Gasteiger partial charge in [0.25, 0.3) is 0 Å². The molecule has 21 heavy (non-hydrogen) atoms. The van der Waals surface area contributed by atoms with Gasteiger partial charge in [0.1, 0.15) is 23.9 Å². The van der Waals surface area contributed by atoms with Crippen molar-refractivity contribution in [2.24, 2.45) is 0 Å². The van der Waals surface area contributed by atoms with E-state index in [1.807, 2.05) is 24.3 Å². The standard InChI is InChI=1S/C18H21FO2/c1-18(2,3)15-7-5-6-8-17(15)21-12-13-9-10-14(20-4)11-16(13)19/h5-11H,12H2,1-4H3. The summed E-state index contributed by atoms with van der Waals surface area (Å²) in [4.78, 5) is 0. The Hall–Kier alpha value is -2.03. The summed E-state index contributed by atoms with van der Waals surface area (Å²) >= 11 is 0. The number of para-hydroxylation sites is 1. The monoisotopic (exact) mass is 288 g/mol. The predicted molar refractivity (Wildman–Crippen MR) is 82.4 cm³/mol. The molecule has 3 heteroatoms. The zero-order chi connectivity index (χ0) is 15.5. The second-order valence-corrected chi connectivity index (χ2v) is 5.99. The topological polar surface area (TPSA) is 18.5 Å². The van der Waals surface area contributed by atoms with Crippen LogP contribution < -0.4 is 9.47 Å². The molecule has 112 valence electrons. The Morgan fingerprint density at radius 2 is 1.76 bits per heavy atom. The summed E-state index contributed by atoms with van der Waals surface area (Å²) in [6, 6.07) is 12.7. The van der Waals surface area contributed by atoms with Gasteiger partial charge in [0, 0.05) is 11.6 Å². The molecule has 0 spiro atoms. The zero-order valence-electron chi connectivity index (χ0n) is 12.9. The molecule has 0 aliphatic heterocycles. The SMILES string of the molecule is COc1ccc(COc2ccccc2C(C)(C)C)c(F)c1. The molecule has 0 radical (unpaired) electrons. The van der Waals surface area contributed by atoms with Gasteiger partial charge in [-0.25, -0.2) is 4.39 Å². The van der Waals surface area contributed by atoms with Gasteiger partial charge in [-0.05, 0) is 29.2 Å². The molecule has 0 saturated carbocycles. The summed E-state index contributed by atoms with van der Waals surface area (Å²) in [6.07, 6.45) is 0. The van der Waals surface area contributed by atoms with E-state index in [2.05, 4.69) is 20.8 Å². The average Bonchev–Trinajstić information content (AvgIpc) is 2.45. The Morgan fingerprint density at radius 3 is 2.38 bits per heavy atom. The first-order chi connectivity index (χ1) is 9.91. The van der Waals surface area contributed by atoms with E-state index in [1.165, 1.54) is 13.2 Å². The molecule has 2 rings (SSSR count). The molecule has 2 nitrogen and oxygen atoms in total. The van der Waals surface area contributed by atoms with Gasteiger partial charge in [0.15, 0.2) is 0 Å². The van der Waals surface area contributed by atoms with Gasteiger partial charge in [-0.15, -0.1) is 0 Å².